The molecule has 0 spiro atoms. The van der Waals surface area contributed by atoms with Gasteiger partial charge in [-0.1, -0.05) is 13.8 Å². The molecule has 0 fully saturated rings. The van der Waals surface area contributed by atoms with Gasteiger partial charge < -0.3 is 15.2 Å². The SMILES string of the molecule is CCOCC(Nc1nc(C(C)(C)C(=O)O)cs1)C(C)C. The van der Waals surface area contributed by atoms with Gasteiger partial charge in [0.25, 0.3) is 0 Å². The lowest BCUT2D eigenvalue weighted by atomic mass is 9.90. The van der Waals surface area contributed by atoms with Crippen LogP contribution in [0, 0.1) is 5.92 Å². The zero-order chi connectivity index (χ0) is 15.3. The van der Waals surface area contributed by atoms with Crippen LogP contribution in [0.25, 0.3) is 0 Å². The first kappa shape index (κ1) is 16.9. The van der Waals surface area contributed by atoms with Crippen molar-refractivity contribution in [3.8, 4) is 0 Å². The molecule has 2 N–H and O–H groups in total. The lowest BCUT2D eigenvalue weighted by Crippen LogP contribution is -2.31. The summed E-state index contributed by atoms with van der Waals surface area (Å²) in [6.07, 6.45) is 0. The van der Waals surface area contributed by atoms with E-state index >= 15 is 0 Å². The van der Waals surface area contributed by atoms with E-state index in [2.05, 4.69) is 24.1 Å². The van der Waals surface area contributed by atoms with Crippen molar-refractivity contribution >= 4 is 22.4 Å². The molecule has 0 bridgehead atoms. The van der Waals surface area contributed by atoms with E-state index in [4.69, 9.17) is 4.74 Å². The monoisotopic (exact) mass is 300 g/mol. The summed E-state index contributed by atoms with van der Waals surface area (Å²) < 4.78 is 5.46. The van der Waals surface area contributed by atoms with Gasteiger partial charge in [0.15, 0.2) is 5.13 Å². The summed E-state index contributed by atoms with van der Waals surface area (Å²) in [6.45, 7) is 10.8. The van der Waals surface area contributed by atoms with Gasteiger partial charge in [-0.05, 0) is 26.7 Å². The number of thiazole rings is 1. The van der Waals surface area contributed by atoms with E-state index < -0.39 is 11.4 Å². The van der Waals surface area contributed by atoms with Gasteiger partial charge in [0.2, 0.25) is 0 Å². The molecule has 5 nitrogen and oxygen atoms in total. The lowest BCUT2D eigenvalue weighted by molar-refractivity contribution is -0.142. The zero-order valence-corrected chi connectivity index (χ0v) is 13.6. The summed E-state index contributed by atoms with van der Waals surface area (Å²) in [5, 5.41) is 15.1. The minimum Gasteiger partial charge on any atom is -0.481 e. The maximum atomic E-state index is 11.2. The number of ether oxygens (including phenoxy) is 1. The van der Waals surface area contributed by atoms with Gasteiger partial charge in [-0.3, -0.25) is 4.79 Å². The van der Waals surface area contributed by atoms with Crippen molar-refractivity contribution < 1.29 is 14.6 Å². The van der Waals surface area contributed by atoms with E-state index in [0.29, 0.717) is 24.8 Å². The summed E-state index contributed by atoms with van der Waals surface area (Å²) in [4.78, 5) is 15.6. The minimum absolute atomic E-state index is 0.168. The summed E-state index contributed by atoms with van der Waals surface area (Å²) in [7, 11) is 0. The Labute approximate surface area is 124 Å². The average molecular weight is 300 g/mol. The fourth-order valence-corrected chi connectivity index (χ4v) is 2.48. The number of aliphatic carboxylic acids is 1. The van der Waals surface area contributed by atoms with E-state index in [-0.39, 0.29) is 6.04 Å². The molecule has 1 unspecified atom stereocenters. The Balaban J connectivity index is 2.78. The van der Waals surface area contributed by atoms with Crippen LogP contribution in [-0.4, -0.2) is 35.3 Å². The highest BCUT2D eigenvalue weighted by atomic mass is 32.1. The third-order valence-electron chi connectivity index (χ3n) is 3.29. The third kappa shape index (κ3) is 4.18. The standard InChI is InChI=1S/C14H24N2O3S/c1-6-19-7-10(9(2)3)15-13-16-11(8-20-13)14(4,5)12(17)18/h8-10H,6-7H2,1-5H3,(H,15,16)(H,17,18). The van der Waals surface area contributed by atoms with Gasteiger partial charge in [-0.15, -0.1) is 11.3 Å². The van der Waals surface area contributed by atoms with Crippen LogP contribution in [0.1, 0.15) is 40.3 Å². The van der Waals surface area contributed by atoms with Crippen molar-refractivity contribution in [3.05, 3.63) is 11.1 Å². The molecule has 1 heterocycles. The number of aromatic nitrogens is 1. The number of carbonyl (C=O) groups is 1. The molecule has 1 rings (SSSR count). The van der Waals surface area contributed by atoms with E-state index in [0.717, 1.165) is 5.13 Å². The first-order valence-corrected chi connectivity index (χ1v) is 7.70. The molecule has 0 aliphatic rings. The quantitative estimate of drug-likeness (QED) is 0.772. The van der Waals surface area contributed by atoms with E-state index in [1.165, 1.54) is 11.3 Å². The lowest BCUT2D eigenvalue weighted by Gasteiger charge is -2.21. The summed E-state index contributed by atoms with van der Waals surface area (Å²) in [5.41, 5.74) is -0.389. The molecule has 114 valence electrons. The average Bonchev–Trinajstić information content (AvgIpc) is 2.83. The third-order valence-corrected chi connectivity index (χ3v) is 4.07. The molecule has 0 saturated carbocycles. The van der Waals surface area contributed by atoms with Crippen LogP contribution in [0.2, 0.25) is 0 Å². The Bertz CT molecular complexity index is 443. The summed E-state index contributed by atoms with van der Waals surface area (Å²) in [5.74, 6) is -0.467. The number of carboxylic acid groups (broad SMARTS) is 1. The van der Waals surface area contributed by atoms with Crippen molar-refractivity contribution in [1.29, 1.82) is 0 Å². The fraction of sp³-hybridized carbons (Fsp3) is 0.714. The summed E-state index contributed by atoms with van der Waals surface area (Å²) in [6, 6.07) is 0.168. The highest BCUT2D eigenvalue weighted by Gasteiger charge is 2.32. The Morgan fingerprint density at radius 3 is 2.70 bits per heavy atom. The van der Waals surface area contributed by atoms with Crippen molar-refractivity contribution in [3.63, 3.8) is 0 Å². The second kappa shape index (κ2) is 7.04. The Hall–Kier alpha value is -1.14. The normalized spacial score (nSPS) is 13.5. The van der Waals surface area contributed by atoms with Crippen LogP contribution in [-0.2, 0) is 14.9 Å². The highest BCUT2D eigenvalue weighted by molar-refractivity contribution is 7.13. The first-order chi connectivity index (χ1) is 9.28. The molecule has 1 aromatic rings. The van der Waals surface area contributed by atoms with Crippen LogP contribution in [0.5, 0.6) is 0 Å². The Morgan fingerprint density at radius 1 is 1.55 bits per heavy atom. The van der Waals surface area contributed by atoms with Crippen LogP contribution >= 0.6 is 11.3 Å². The van der Waals surface area contributed by atoms with E-state index in [1.54, 1.807) is 19.2 Å². The highest BCUT2D eigenvalue weighted by Crippen LogP contribution is 2.28. The number of hydrogen-bond acceptors (Lipinski definition) is 5. The van der Waals surface area contributed by atoms with Gasteiger partial charge in [0.1, 0.15) is 5.41 Å². The Kier molecular flexibility index (Phi) is 5.95. The van der Waals surface area contributed by atoms with Gasteiger partial charge in [0, 0.05) is 12.0 Å². The topological polar surface area (TPSA) is 71.5 Å². The molecular formula is C14H24N2O3S. The summed E-state index contributed by atoms with van der Waals surface area (Å²) >= 11 is 1.43. The first-order valence-electron chi connectivity index (χ1n) is 6.82. The van der Waals surface area contributed by atoms with Gasteiger partial charge >= 0.3 is 5.97 Å². The molecule has 0 radical (unpaired) electrons. The number of nitrogens with zero attached hydrogens (tertiary/aromatic N) is 1. The second-order valence-corrected chi connectivity index (χ2v) is 6.48. The van der Waals surface area contributed by atoms with Gasteiger partial charge in [-0.2, -0.15) is 0 Å². The smallest absolute Gasteiger partial charge is 0.315 e. The number of carboxylic acids is 1. The number of hydrogen-bond donors (Lipinski definition) is 2. The minimum atomic E-state index is -0.969. The molecule has 0 aliphatic carbocycles. The largest absolute Gasteiger partial charge is 0.481 e. The van der Waals surface area contributed by atoms with E-state index in [9.17, 15) is 9.90 Å². The van der Waals surface area contributed by atoms with Crippen LogP contribution in [0.3, 0.4) is 0 Å². The molecule has 1 atom stereocenters. The fourth-order valence-electron chi connectivity index (χ4n) is 1.54. The predicted octanol–water partition coefficient (Wildman–Crippen LogP) is 2.98. The molecule has 0 amide bonds. The van der Waals surface area contributed by atoms with Crippen molar-refractivity contribution in [2.24, 2.45) is 5.92 Å². The van der Waals surface area contributed by atoms with Crippen molar-refractivity contribution in [2.45, 2.75) is 46.1 Å². The Morgan fingerprint density at radius 2 is 2.20 bits per heavy atom. The van der Waals surface area contributed by atoms with Gasteiger partial charge in [-0.25, -0.2) is 4.98 Å². The molecule has 0 aliphatic heterocycles. The number of anilines is 1. The van der Waals surface area contributed by atoms with Crippen LogP contribution in [0.15, 0.2) is 5.38 Å². The molecule has 1 aromatic heterocycles. The van der Waals surface area contributed by atoms with Crippen LogP contribution in [0.4, 0.5) is 5.13 Å². The van der Waals surface area contributed by atoms with E-state index in [1.807, 2.05) is 6.92 Å². The molecular weight excluding hydrogens is 276 g/mol. The maximum Gasteiger partial charge on any atom is 0.315 e. The number of rotatable bonds is 8. The molecule has 6 heteroatoms. The van der Waals surface area contributed by atoms with Crippen molar-refractivity contribution in [2.75, 3.05) is 18.5 Å². The second-order valence-electron chi connectivity index (χ2n) is 5.62. The van der Waals surface area contributed by atoms with Gasteiger partial charge in [0.05, 0.1) is 18.3 Å². The molecule has 0 aromatic carbocycles. The maximum absolute atomic E-state index is 11.2. The zero-order valence-electron chi connectivity index (χ0n) is 12.8. The number of nitrogens with one attached hydrogen (secondary N) is 1. The predicted molar refractivity (Wildman–Crippen MR) is 81.5 cm³/mol. The molecule has 20 heavy (non-hydrogen) atoms. The molecule has 0 saturated heterocycles. The van der Waals surface area contributed by atoms with Crippen LogP contribution < -0.4 is 5.32 Å². The van der Waals surface area contributed by atoms with Crippen molar-refractivity contribution in [1.82, 2.24) is 4.98 Å².